The largest absolute Gasteiger partial charge is 0.339 e. The maximum Gasteiger partial charge on any atom is 0.263 e. The minimum atomic E-state index is -0.203. The van der Waals surface area contributed by atoms with Crippen LogP contribution >= 0.6 is 0 Å². The van der Waals surface area contributed by atoms with E-state index in [1.807, 2.05) is 4.68 Å². The van der Waals surface area contributed by atoms with Gasteiger partial charge in [0.2, 0.25) is 5.95 Å². The van der Waals surface area contributed by atoms with Gasteiger partial charge < -0.3 is 4.90 Å². The number of nitrogens with one attached hydrogen (secondary N) is 1. The molecule has 2 aliphatic rings. The highest BCUT2D eigenvalue weighted by atomic mass is 16.1. The molecule has 3 unspecified atom stereocenters. The fourth-order valence-corrected chi connectivity index (χ4v) is 4.55. The van der Waals surface area contributed by atoms with Crippen LogP contribution in [0.1, 0.15) is 53.4 Å². The van der Waals surface area contributed by atoms with Crippen LogP contribution < -0.4 is 10.5 Å². The Kier molecular flexibility index (Phi) is 3.48. The molecule has 24 heavy (non-hydrogen) atoms. The van der Waals surface area contributed by atoms with Crippen molar-refractivity contribution in [3.63, 3.8) is 0 Å². The average Bonchev–Trinajstić information content (AvgIpc) is 3.09. The van der Waals surface area contributed by atoms with Gasteiger partial charge in [-0.3, -0.25) is 9.78 Å². The van der Waals surface area contributed by atoms with E-state index in [1.54, 1.807) is 6.20 Å². The smallest absolute Gasteiger partial charge is 0.263 e. The zero-order valence-electron chi connectivity index (χ0n) is 15.0. The lowest BCUT2D eigenvalue weighted by Crippen LogP contribution is -2.37. The predicted molar refractivity (Wildman–Crippen MR) is 95.4 cm³/mol. The molecule has 1 aliphatic heterocycles. The number of hydrogen-bond acceptors (Lipinski definition) is 4. The third-order valence-electron chi connectivity index (χ3n) is 5.73. The first-order valence-corrected chi connectivity index (χ1v) is 9.11. The summed E-state index contributed by atoms with van der Waals surface area (Å²) in [5.41, 5.74) is 0.399. The summed E-state index contributed by atoms with van der Waals surface area (Å²) in [6.45, 7) is 9.55. The zero-order valence-corrected chi connectivity index (χ0v) is 15.0. The monoisotopic (exact) mass is 329 g/mol. The lowest BCUT2D eigenvalue weighted by molar-refractivity contribution is 0.293. The maximum atomic E-state index is 12.6. The highest BCUT2D eigenvalue weighted by molar-refractivity contribution is 5.74. The summed E-state index contributed by atoms with van der Waals surface area (Å²) in [6.07, 6.45) is 6.74. The average molecular weight is 329 g/mol. The van der Waals surface area contributed by atoms with Crippen molar-refractivity contribution in [2.75, 3.05) is 11.4 Å². The minimum absolute atomic E-state index is 0.0857. The Balaban J connectivity index is 1.81. The van der Waals surface area contributed by atoms with Gasteiger partial charge in [0.25, 0.3) is 5.56 Å². The third kappa shape index (κ3) is 2.34. The molecule has 2 aromatic heterocycles. The van der Waals surface area contributed by atoms with E-state index in [9.17, 15) is 4.79 Å². The summed E-state index contributed by atoms with van der Waals surface area (Å²) in [5, 5.41) is 4.98. The first-order valence-electron chi connectivity index (χ1n) is 9.11. The van der Waals surface area contributed by atoms with E-state index >= 15 is 0 Å². The molecular weight excluding hydrogens is 302 g/mol. The predicted octanol–water partition coefficient (Wildman–Crippen LogP) is 2.89. The molecule has 1 saturated heterocycles. The van der Waals surface area contributed by atoms with E-state index in [4.69, 9.17) is 4.98 Å². The lowest BCUT2D eigenvalue weighted by Gasteiger charge is -2.32. The van der Waals surface area contributed by atoms with Crippen LogP contribution in [0.2, 0.25) is 0 Å². The molecule has 130 valence electrons. The Labute approximate surface area is 142 Å². The molecule has 4 rings (SSSR count). The number of rotatable bonds is 1. The van der Waals surface area contributed by atoms with Gasteiger partial charge in [-0.25, -0.2) is 4.68 Å². The first kappa shape index (κ1) is 15.7. The molecule has 0 aromatic carbocycles. The van der Waals surface area contributed by atoms with Gasteiger partial charge in [-0.05, 0) is 45.4 Å². The number of anilines is 1. The second-order valence-electron chi connectivity index (χ2n) is 8.50. The van der Waals surface area contributed by atoms with E-state index in [2.05, 4.69) is 42.7 Å². The van der Waals surface area contributed by atoms with Crippen LogP contribution in [0.15, 0.2) is 11.0 Å². The summed E-state index contributed by atoms with van der Waals surface area (Å²) >= 11 is 0. The fourth-order valence-electron chi connectivity index (χ4n) is 4.55. The standard InChI is InChI=1S/C18H27N5O/c1-11-10-22(14-8-6-5-7-12(11)14)17-20-15-13(16(24)21-17)9-19-23(15)18(2,3)4/h9,11-12,14H,5-8,10H2,1-4H3,(H,20,21,24). The lowest BCUT2D eigenvalue weighted by atomic mass is 9.80. The summed E-state index contributed by atoms with van der Waals surface area (Å²) in [4.78, 5) is 22.8. The minimum Gasteiger partial charge on any atom is -0.339 e. The molecule has 6 nitrogen and oxygen atoms in total. The van der Waals surface area contributed by atoms with Gasteiger partial charge >= 0.3 is 0 Å². The van der Waals surface area contributed by atoms with Crippen molar-refractivity contribution >= 4 is 17.0 Å². The highest BCUT2D eigenvalue weighted by Crippen LogP contribution is 2.41. The summed E-state index contributed by atoms with van der Waals surface area (Å²) < 4.78 is 1.86. The molecule has 0 spiro atoms. The van der Waals surface area contributed by atoms with E-state index in [0.717, 1.165) is 18.4 Å². The van der Waals surface area contributed by atoms with Crippen molar-refractivity contribution in [1.29, 1.82) is 0 Å². The van der Waals surface area contributed by atoms with Crippen LogP contribution in [0.25, 0.3) is 11.0 Å². The van der Waals surface area contributed by atoms with Crippen molar-refractivity contribution in [2.24, 2.45) is 11.8 Å². The number of nitrogens with zero attached hydrogens (tertiary/aromatic N) is 4. The Morgan fingerprint density at radius 3 is 2.75 bits per heavy atom. The first-order chi connectivity index (χ1) is 11.4. The molecular formula is C18H27N5O. The second kappa shape index (κ2) is 5.33. The Morgan fingerprint density at radius 1 is 1.25 bits per heavy atom. The van der Waals surface area contributed by atoms with Gasteiger partial charge in [-0.2, -0.15) is 10.1 Å². The molecule has 1 aliphatic carbocycles. The number of aromatic nitrogens is 4. The van der Waals surface area contributed by atoms with Crippen molar-refractivity contribution in [3.05, 3.63) is 16.6 Å². The van der Waals surface area contributed by atoms with E-state index in [-0.39, 0.29) is 11.1 Å². The van der Waals surface area contributed by atoms with Crippen molar-refractivity contribution < 1.29 is 0 Å². The van der Waals surface area contributed by atoms with E-state index in [0.29, 0.717) is 23.0 Å². The van der Waals surface area contributed by atoms with Crippen LogP contribution in [0.3, 0.4) is 0 Å². The van der Waals surface area contributed by atoms with Crippen LogP contribution in [0.4, 0.5) is 5.95 Å². The van der Waals surface area contributed by atoms with Crippen LogP contribution in [0, 0.1) is 11.8 Å². The molecule has 1 saturated carbocycles. The summed E-state index contributed by atoms with van der Waals surface area (Å²) in [6, 6.07) is 0.514. The molecule has 1 N–H and O–H groups in total. The normalized spacial score (nSPS) is 27.7. The van der Waals surface area contributed by atoms with Crippen LogP contribution in [-0.2, 0) is 5.54 Å². The van der Waals surface area contributed by atoms with Crippen molar-refractivity contribution in [1.82, 2.24) is 19.7 Å². The molecule has 2 fully saturated rings. The van der Waals surface area contributed by atoms with E-state index in [1.165, 1.54) is 25.7 Å². The van der Waals surface area contributed by atoms with Gasteiger partial charge in [0.1, 0.15) is 5.39 Å². The van der Waals surface area contributed by atoms with Crippen molar-refractivity contribution in [3.8, 4) is 0 Å². The van der Waals surface area contributed by atoms with Gasteiger partial charge in [0.15, 0.2) is 5.65 Å². The van der Waals surface area contributed by atoms with Gasteiger partial charge in [-0.1, -0.05) is 19.8 Å². The number of H-pyrrole nitrogens is 1. The van der Waals surface area contributed by atoms with Crippen LogP contribution in [0.5, 0.6) is 0 Å². The number of fused-ring (bicyclic) bond motifs is 2. The highest BCUT2D eigenvalue weighted by Gasteiger charge is 2.41. The Morgan fingerprint density at radius 2 is 2.00 bits per heavy atom. The van der Waals surface area contributed by atoms with Gasteiger partial charge in [0, 0.05) is 12.6 Å². The molecule has 3 atom stereocenters. The van der Waals surface area contributed by atoms with Crippen molar-refractivity contribution in [2.45, 2.75) is 65.0 Å². The second-order valence-corrected chi connectivity index (χ2v) is 8.50. The van der Waals surface area contributed by atoms with E-state index < -0.39 is 0 Å². The summed E-state index contributed by atoms with van der Waals surface area (Å²) in [5.74, 6) is 2.11. The molecule has 0 bridgehead atoms. The quantitative estimate of drug-likeness (QED) is 0.873. The van der Waals surface area contributed by atoms with Crippen LogP contribution in [-0.4, -0.2) is 32.3 Å². The molecule has 3 heterocycles. The Bertz CT molecular complexity index is 815. The number of aromatic amines is 1. The van der Waals surface area contributed by atoms with Gasteiger partial charge in [-0.15, -0.1) is 0 Å². The summed E-state index contributed by atoms with van der Waals surface area (Å²) in [7, 11) is 0. The van der Waals surface area contributed by atoms with Gasteiger partial charge in [0.05, 0.1) is 11.7 Å². The molecule has 6 heteroatoms. The molecule has 0 radical (unpaired) electrons. The maximum absolute atomic E-state index is 12.6. The third-order valence-corrected chi connectivity index (χ3v) is 5.73. The number of hydrogen-bond donors (Lipinski definition) is 1. The zero-order chi connectivity index (χ0) is 17.1. The topological polar surface area (TPSA) is 66.8 Å². The molecule has 0 amide bonds. The molecule has 2 aromatic rings. The SMILES string of the molecule is CC1CN(c2nc3c(cnn3C(C)(C)C)c(=O)[nH]2)C2CCCCC12. The fraction of sp³-hybridized carbons (Fsp3) is 0.722. The Hall–Kier alpha value is -1.85.